The number of likely N-dealkylation sites (N-methyl/N-ethyl adjacent to an activating group) is 1. The number of benzene rings is 2. The van der Waals surface area contributed by atoms with Crippen molar-refractivity contribution in [3.05, 3.63) is 65.7 Å². The Bertz CT molecular complexity index is 1040. The summed E-state index contributed by atoms with van der Waals surface area (Å²) in [6.45, 7) is 3.11. The van der Waals surface area contributed by atoms with Crippen molar-refractivity contribution >= 4 is 5.69 Å². The fourth-order valence-electron chi connectivity index (χ4n) is 9.60. The molecule has 0 amide bonds. The fraction of sp³-hybridized carbons (Fsp3) is 0.556. The number of nitrogens with zero attached hydrogens (tertiary/aromatic N) is 2. The number of hydrogen-bond acceptors (Lipinski definition) is 3. The minimum atomic E-state index is -0.337. The van der Waals surface area contributed by atoms with Crippen LogP contribution in [0.2, 0.25) is 0 Å². The van der Waals surface area contributed by atoms with Gasteiger partial charge in [0.05, 0.1) is 23.6 Å². The van der Waals surface area contributed by atoms with E-state index in [1.54, 1.807) is 0 Å². The van der Waals surface area contributed by atoms with Gasteiger partial charge in [0.15, 0.2) is 6.23 Å². The van der Waals surface area contributed by atoms with Gasteiger partial charge in [-0.3, -0.25) is 4.48 Å². The second-order valence-corrected chi connectivity index (χ2v) is 11.0. The quantitative estimate of drug-likeness (QED) is 0.754. The molecule has 10 atom stereocenters. The van der Waals surface area contributed by atoms with Crippen molar-refractivity contribution < 1.29 is 14.7 Å². The van der Waals surface area contributed by atoms with E-state index < -0.39 is 0 Å². The monoisotopic (exact) mass is 417 g/mol. The first-order valence-electron chi connectivity index (χ1n) is 12.1. The van der Waals surface area contributed by atoms with Crippen LogP contribution in [0.4, 0.5) is 5.69 Å². The zero-order valence-electron chi connectivity index (χ0n) is 18.4. The highest BCUT2D eigenvalue weighted by Crippen LogP contribution is 2.71. The van der Waals surface area contributed by atoms with E-state index >= 15 is 0 Å². The third kappa shape index (κ3) is 1.88. The summed E-state index contributed by atoms with van der Waals surface area (Å²) >= 11 is 0. The van der Waals surface area contributed by atoms with E-state index in [9.17, 15) is 10.2 Å². The summed E-state index contributed by atoms with van der Waals surface area (Å²) in [5, 5.41) is 24.1. The lowest BCUT2D eigenvalue weighted by molar-refractivity contribution is -1.05. The lowest BCUT2D eigenvalue weighted by Crippen LogP contribution is -2.82. The molecule has 5 fully saturated rings. The number of aliphatic hydroxyl groups excluding tert-OH is 2. The van der Waals surface area contributed by atoms with Crippen LogP contribution < -0.4 is 4.90 Å². The average Bonchev–Trinajstić information content (AvgIpc) is 3.18. The Morgan fingerprint density at radius 1 is 1.03 bits per heavy atom. The molecule has 31 heavy (non-hydrogen) atoms. The number of piperidine rings is 4. The molecule has 4 saturated heterocycles. The van der Waals surface area contributed by atoms with Crippen LogP contribution in [0.3, 0.4) is 0 Å². The van der Waals surface area contributed by atoms with Gasteiger partial charge in [0.1, 0.15) is 12.6 Å². The molecule has 4 nitrogen and oxygen atoms in total. The predicted molar refractivity (Wildman–Crippen MR) is 120 cm³/mol. The molecule has 0 unspecified atom stereocenters. The molecule has 2 aromatic rings. The van der Waals surface area contributed by atoms with Gasteiger partial charge in [-0.05, 0) is 24.0 Å². The van der Waals surface area contributed by atoms with E-state index in [0.717, 1.165) is 30.3 Å². The molecule has 162 valence electrons. The van der Waals surface area contributed by atoms with Gasteiger partial charge in [0.25, 0.3) is 0 Å². The minimum Gasteiger partial charge on any atom is -0.392 e. The SMILES string of the molecule is CC[C@H]1[C@@H]2C[C@H]3[C@@H]4N(C)c5ccccc5[C@@]45C[C@@H]([C@H]2[C@@H]5O)[N@+]3(Cc2ccccc2)[C@@H]1O. The zero-order valence-corrected chi connectivity index (χ0v) is 18.4. The smallest absolute Gasteiger partial charge is 0.194 e. The number of rotatable bonds is 3. The number of aliphatic hydroxyl groups is 2. The molecule has 8 rings (SSSR count). The second-order valence-electron chi connectivity index (χ2n) is 11.0. The molecular formula is C27H33N2O2+. The van der Waals surface area contributed by atoms with Crippen molar-refractivity contribution in [2.75, 3.05) is 11.9 Å². The first-order valence-corrected chi connectivity index (χ1v) is 12.1. The minimum absolute atomic E-state index is 0.180. The molecule has 5 heterocycles. The maximum atomic E-state index is 12.1. The summed E-state index contributed by atoms with van der Waals surface area (Å²) in [5.41, 5.74) is 3.78. The Balaban J connectivity index is 1.47. The lowest BCUT2D eigenvalue weighted by atomic mass is 9.60. The van der Waals surface area contributed by atoms with Gasteiger partial charge in [-0.1, -0.05) is 55.5 Å². The van der Waals surface area contributed by atoms with E-state index in [1.165, 1.54) is 16.8 Å². The van der Waals surface area contributed by atoms with E-state index in [2.05, 4.69) is 73.5 Å². The highest BCUT2D eigenvalue weighted by atomic mass is 16.3. The van der Waals surface area contributed by atoms with Gasteiger partial charge in [0, 0.05) is 43.0 Å². The summed E-state index contributed by atoms with van der Waals surface area (Å²) in [5.74, 6) is 1.01. The van der Waals surface area contributed by atoms with Crippen molar-refractivity contribution in [2.24, 2.45) is 17.8 Å². The highest BCUT2D eigenvalue weighted by molar-refractivity contribution is 5.66. The Hall–Kier alpha value is -1.88. The zero-order chi connectivity index (χ0) is 21.1. The standard InChI is InChI=1S/C27H33N2O2/c1-3-17-18-13-21-24-27(19-11-7-8-12-20(19)28(24)2)14-22(23(18)25(27)30)29(21,26(17)31)15-16-9-5-4-6-10-16/h4-12,17-18,21-26,30-31H,3,13-15H2,1-2H3/q+1/t17-,18-,21-,22-,23-,24-,25-,26+,27-,29+/m0/s1. The molecule has 0 aromatic heterocycles. The number of fused-ring (bicyclic) bond motifs is 2. The summed E-state index contributed by atoms with van der Waals surface area (Å²) in [6, 6.07) is 20.5. The third-order valence-electron chi connectivity index (χ3n) is 10.4. The number of quaternary nitrogens is 1. The third-order valence-corrected chi connectivity index (χ3v) is 10.4. The maximum absolute atomic E-state index is 12.1. The van der Waals surface area contributed by atoms with Crippen LogP contribution in [-0.4, -0.2) is 52.2 Å². The average molecular weight is 418 g/mol. The van der Waals surface area contributed by atoms with Crippen LogP contribution >= 0.6 is 0 Å². The summed E-state index contributed by atoms with van der Waals surface area (Å²) < 4.78 is 0.769. The van der Waals surface area contributed by atoms with Crippen LogP contribution in [0.25, 0.3) is 0 Å². The highest BCUT2D eigenvalue weighted by Gasteiger charge is 2.82. The molecule has 1 spiro atoms. The largest absolute Gasteiger partial charge is 0.392 e. The lowest BCUT2D eigenvalue weighted by Gasteiger charge is -2.68. The van der Waals surface area contributed by atoms with Crippen molar-refractivity contribution in [3.63, 3.8) is 0 Å². The Morgan fingerprint density at radius 3 is 2.55 bits per heavy atom. The summed E-state index contributed by atoms with van der Waals surface area (Å²) in [7, 11) is 2.23. The molecule has 5 aliphatic heterocycles. The van der Waals surface area contributed by atoms with E-state index in [1.807, 2.05) is 0 Å². The van der Waals surface area contributed by atoms with Crippen molar-refractivity contribution in [2.45, 2.75) is 68.6 Å². The molecule has 1 saturated carbocycles. The van der Waals surface area contributed by atoms with Gasteiger partial charge >= 0.3 is 0 Å². The molecule has 0 radical (unpaired) electrons. The fourth-order valence-corrected chi connectivity index (χ4v) is 9.60. The van der Waals surface area contributed by atoms with Gasteiger partial charge in [-0.25, -0.2) is 0 Å². The van der Waals surface area contributed by atoms with Gasteiger partial charge in [-0.2, -0.15) is 0 Å². The molecule has 1 aliphatic carbocycles. The van der Waals surface area contributed by atoms with E-state index in [-0.39, 0.29) is 35.6 Å². The Kier molecular flexibility index (Phi) is 3.56. The summed E-state index contributed by atoms with van der Waals surface area (Å²) in [6.07, 6.45) is 2.47. The number of para-hydroxylation sites is 1. The van der Waals surface area contributed by atoms with Crippen molar-refractivity contribution in [1.29, 1.82) is 0 Å². The molecular weight excluding hydrogens is 384 g/mol. The Morgan fingerprint density at radius 2 is 1.77 bits per heavy atom. The Labute approximate surface area is 184 Å². The molecule has 4 heteroatoms. The van der Waals surface area contributed by atoms with Crippen LogP contribution in [0.1, 0.15) is 37.3 Å². The first-order chi connectivity index (χ1) is 15.1. The predicted octanol–water partition coefficient (Wildman–Crippen LogP) is 3.27. The second kappa shape index (κ2) is 5.92. The van der Waals surface area contributed by atoms with Gasteiger partial charge < -0.3 is 15.1 Å². The van der Waals surface area contributed by atoms with Crippen LogP contribution in [0, 0.1) is 17.8 Å². The van der Waals surface area contributed by atoms with E-state index in [4.69, 9.17) is 0 Å². The topological polar surface area (TPSA) is 43.7 Å². The normalized spacial score (nSPS) is 48.2. The van der Waals surface area contributed by atoms with Crippen molar-refractivity contribution in [1.82, 2.24) is 0 Å². The van der Waals surface area contributed by atoms with Crippen molar-refractivity contribution in [3.8, 4) is 0 Å². The maximum Gasteiger partial charge on any atom is 0.194 e. The van der Waals surface area contributed by atoms with Crippen LogP contribution in [-0.2, 0) is 12.0 Å². The molecule has 2 aromatic carbocycles. The first kappa shape index (κ1) is 18.7. The van der Waals surface area contributed by atoms with Gasteiger partial charge in [0.2, 0.25) is 0 Å². The van der Waals surface area contributed by atoms with Crippen LogP contribution in [0.5, 0.6) is 0 Å². The molecule has 6 aliphatic rings. The molecule has 5 bridgehead atoms. The molecule has 2 N–H and O–H groups in total. The van der Waals surface area contributed by atoms with Gasteiger partial charge in [-0.15, -0.1) is 0 Å². The summed E-state index contributed by atoms with van der Waals surface area (Å²) in [4.78, 5) is 2.47. The number of hydrogen-bond donors (Lipinski definition) is 2. The number of anilines is 1. The van der Waals surface area contributed by atoms with Crippen LogP contribution in [0.15, 0.2) is 54.6 Å². The van der Waals surface area contributed by atoms with E-state index in [0.29, 0.717) is 18.0 Å².